The van der Waals surface area contributed by atoms with Crippen molar-refractivity contribution in [1.82, 2.24) is 0 Å². The standard InChI is InChI=1S/C52H36BO8.5Na/c54-49(55)41-9-1-33(2-10-41)37-17-25-45(26-18-37)53(46-27-19-38(20-28-46)34-3-11-42(12-4-34)50(56)57,47-29-21-39(22-30-47)35-5-13-43(14-6-35)51(58)59)48-31-23-40(24-32-48)36-7-15-44(16-8-36)52(60)61;;;;;/h1-32H,(H,54,55)(H,56,57)(H,58,59)(H,60,61);;;;;/q-1;5*+1/p-4. The van der Waals surface area contributed by atoms with Gasteiger partial charge in [-0.3, -0.25) is 0 Å². The van der Waals surface area contributed by atoms with Crippen LogP contribution >= 0.6 is 0 Å². The number of carbonyl (C=O) groups is 4. The Hall–Kier alpha value is -3.30. The van der Waals surface area contributed by atoms with Gasteiger partial charge in [0, 0.05) is 0 Å². The van der Waals surface area contributed by atoms with Crippen LogP contribution in [0.4, 0.5) is 0 Å². The van der Waals surface area contributed by atoms with Crippen molar-refractivity contribution in [2.75, 3.05) is 0 Å². The van der Waals surface area contributed by atoms with E-state index in [1.807, 2.05) is 48.5 Å². The van der Waals surface area contributed by atoms with Gasteiger partial charge in [0.05, 0.1) is 23.9 Å². The summed E-state index contributed by atoms with van der Waals surface area (Å²) >= 11 is 0. The van der Waals surface area contributed by atoms with E-state index in [0.717, 1.165) is 66.4 Å². The molecule has 8 rings (SSSR count). The topological polar surface area (TPSA) is 161 Å². The molecule has 0 aliphatic heterocycles. The minimum atomic E-state index is -1.98. The van der Waals surface area contributed by atoms with Gasteiger partial charge in [-0.05, 0) is 66.8 Å². The van der Waals surface area contributed by atoms with Crippen LogP contribution in [0.15, 0.2) is 194 Å². The second-order valence-electron chi connectivity index (χ2n) is 14.8. The number of hydrogen-bond acceptors (Lipinski definition) is 8. The second-order valence-corrected chi connectivity index (χ2v) is 14.8. The van der Waals surface area contributed by atoms with E-state index in [2.05, 4.69) is 48.5 Å². The van der Waals surface area contributed by atoms with Crippen molar-refractivity contribution < 1.29 is 187 Å². The molecule has 296 valence electrons. The number of benzene rings is 8. The van der Waals surface area contributed by atoms with E-state index >= 15 is 0 Å². The van der Waals surface area contributed by atoms with E-state index in [4.69, 9.17) is 0 Å². The van der Waals surface area contributed by atoms with Gasteiger partial charge in [-0.25, -0.2) is 0 Å². The third-order valence-electron chi connectivity index (χ3n) is 11.5. The fourth-order valence-electron chi connectivity index (χ4n) is 8.21. The molecule has 8 aromatic carbocycles. The Morgan fingerprint density at radius 2 is 0.348 bits per heavy atom. The maximum atomic E-state index is 11.4. The van der Waals surface area contributed by atoms with Crippen molar-refractivity contribution in [3.63, 3.8) is 0 Å². The van der Waals surface area contributed by atoms with E-state index in [0.29, 0.717) is 0 Å². The maximum absolute atomic E-state index is 11.4. The zero-order chi connectivity index (χ0) is 42.7. The Balaban J connectivity index is 0.00000231. The van der Waals surface area contributed by atoms with Crippen LogP contribution in [0, 0.1) is 0 Å². The third-order valence-corrected chi connectivity index (χ3v) is 11.5. The van der Waals surface area contributed by atoms with E-state index in [-0.39, 0.29) is 170 Å². The summed E-state index contributed by atoms with van der Waals surface area (Å²) in [5, 5.41) is 45.8. The van der Waals surface area contributed by atoms with Gasteiger partial charge in [-0.2, -0.15) is 21.9 Å². The molecule has 8 nitrogen and oxygen atoms in total. The zero-order valence-corrected chi connectivity index (χ0v) is 47.3. The van der Waals surface area contributed by atoms with Crippen molar-refractivity contribution in [3.05, 3.63) is 216 Å². The van der Waals surface area contributed by atoms with Gasteiger partial charge in [-0.1, -0.05) is 194 Å². The Kier molecular flexibility index (Phi) is 21.9. The Morgan fingerprint density at radius 1 is 0.227 bits per heavy atom. The van der Waals surface area contributed by atoms with Crippen LogP contribution in [0.1, 0.15) is 41.4 Å². The monoisotopic (exact) mass is 910 g/mol. The summed E-state index contributed by atoms with van der Waals surface area (Å²) in [5.41, 5.74) is 11.0. The molecule has 66 heavy (non-hydrogen) atoms. The molecule has 0 radical (unpaired) electrons. The first kappa shape index (κ1) is 57.0. The Labute approximate surface area is 493 Å². The number of carbonyl (C=O) groups excluding carboxylic acids is 4. The van der Waals surface area contributed by atoms with Crippen LogP contribution in [0.25, 0.3) is 44.5 Å². The summed E-state index contributed by atoms with van der Waals surface area (Å²) in [5.74, 6) is -5.01. The molecule has 0 fully saturated rings. The van der Waals surface area contributed by atoms with Gasteiger partial charge in [0.2, 0.25) is 0 Å². The number of aromatic carboxylic acids is 4. The van der Waals surface area contributed by atoms with Gasteiger partial charge in [0.1, 0.15) is 6.15 Å². The van der Waals surface area contributed by atoms with Crippen molar-refractivity contribution in [3.8, 4) is 44.5 Å². The molecule has 0 saturated carbocycles. The molecule has 14 heteroatoms. The largest absolute Gasteiger partial charge is 1.00 e. The molecule has 0 aliphatic carbocycles. The molecule has 0 heterocycles. The smallest absolute Gasteiger partial charge is 0.545 e. The molecule has 0 aromatic heterocycles. The van der Waals surface area contributed by atoms with E-state index in [9.17, 15) is 39.6 Å². The fourth-order valence-corrected chi connectivity index (χ4v) is 8.21. The molecule has 0 amide bonds. The number of rotatable bonds is 12. The molecular formula is C52H32BNa5O8. The molecule has 0 unspecified atom stereocenters. The van der Waals surface area contributed by atoms with E-state index < -0.39 is 30.0 Å². The quantitative estimate of drug-likeness (QED) is 0.109. The van der Waals surface area contributed by atoms with Gasteiger partial charge in [0.25, 0.3) is 0 Å². The van der Waals surface area contributed by atoms with Crippen LogP contribution in [-0.2, 0) is 0 Å². The molecule has 0 saturated heterocycles. The first-order valence-electron chi connectivity index (χ1n) is 19.4. The molecule has 0 bridgehead atoms. The van der Waals surface area contributed by atoms with Gasteiger partial charge in [0.15, 0.2) is 0 Å². The summed E-state index contributed by atoms with van der Waals surface area (Å²) in [7, 11) is 0. The average molecular weight is 911 g/mol. The van der Waals surface area contributed by atoms with Gasteiger partial charge < -0.3 is 39.6 Å². The average Bonchev–Trinajstić information content (AvgIpc) is 3.30. The number of carboxylic acid groups (broad SMARTS) is 4. The van der Waals surface area contributed by atoms with Crippen LogP contribution in [0.3, 0.4) is 0 Å². The summed E-state index contributed by atoms with van der Waals surface area (Å²) in [4.78, 5) is 45.8. The molecule has 0 atom stereocenters. The normalized spacial score (nSPS) is 10.3. The van der Waals surface area contributed by atoms with Gasteiger partial charge in [-0.15, -0.1) is 0 Å². The maximum Gasteiger partial charge on any atom is 1.00 e. The molecule has 0 N–H and O–H groups in total. The fraction of sp³-hybridized carbons (Fsp3) is 0. The molecule has 8 aromatic rings. The van der Waals surface area contributed by atoms with Crippen molar-refractivity contribution >= 4 is 51.9 Å². The van der Waals surface area contributed by atoms with Crippen LogP contribution < -0.4 is 190 Å². The van der Waals surface area contributed by atoms with Crippen LogP contribution in [0.2, 0.25) is 0 Å². The summed E-state index contributed by atoms with van der Waals surface area (Å²) in [6, 6.07) is 58.7. The molecule has 0 aliphatic rings. The predicted octanol–water partition coefficient (Wildman–Crippen LogP) is -11.8. The van der Waals surface area contributed by atoms with Crippen molar-refractivity contribution in [2.24, 2.45) is 0 Å². The van der Waals surface area contributed by atoms with Crippen LogP contribution in [-0.4, -0.2) is 30.0 Å². The Morgan fingerprint density at radius 3 is 0.470 bits per heavy atom. The predicted molar refractivity (Wildman–Crippen MR) is 229 cm³/mol. The molecule has 0 spiro atoms. The SMILES string of the molecule is O=C([O-])c1ccc(-c2ccc([B-](c3ccc(-c4ccc(C(=O)[O-])cc4)cc3)(c3ccc(-c4ccc(C(=O)[O-])cc4)cc3)c3ccc(-c4ccc(C(=O)[O-])cc4)cc3)cc2)cc1.[Na+].[Na+].[Na+].[Na+].[Na+]. The van der Waals surface area contributed by atoms with Gasteiger partial charge >= 0.3 is 148 Å². The number of hydrogen-bond donors (Lipinski definition) is 0. The Bertz CT molecular complexity index is 2500. The van der Waals surface area contributed by atoms with Crippen molar-refractivity contribution in [1.29, 1.82) is 0 Å². The van der Waals surface area contributed by atoms with E-state index in [1.54, 1.807) is 48.5 Å². The molecular weight excluding hydrogens is 878 g/mol. The van der Waals surface area contributed by atoms with E-state index in [1.165, 1.54) is 48.5 Å². The van der Waals surface area contributed by atoms with Crippen LogP contribution in [0.5, 0.6) is 0 Å². The first-order chi connectivity index (χ1) is 29.5. The minimum Gasteiger partial charge on any atom is -0.545 e. The number of carboxylic acids is 4. The minimum absolute atomic E-state index is 0. The zero-order valence-electron chi connectivity index (χ0n) is 37.3. The summed E-state index contributed by atoms with van der Waals surface area (Å²) in [6.07, 6.45) is -1.98. The third kappa shape index (κ3) is 12.3. The summed E-state index contributed by atoms with van der Waals surface area (Å²) < 4.78 is 0. The van der Waals surface area contributed by atoms with Crippen molar-refractivity contribution in [2.45, 2.75) is 0 Å². The first-order valence-corrected chi connectivity index (χ1v) is 19.4. The second kappa shape index (κ2) is 25.4. The summed E-state index contributed by atoms with van der Waals surface area (Å²) in [6.45, 7) is 0.